The van der Waals surface area contributed by atoms with Gasteiger partial charge in [-0.3, -0.25) is 14.5 Å². The maximum atomic E-state index is 14.5. The second kappa shape index (κ2) is 16.9. The number of benzene rings is 7. The number of fused-ring (bicyclic) bond motifs is 10. The summed E-state index contributed by atoms with van der Waals surface area (Å²) in [6.07, 6.45) is -2.67. The molecule has 318 valence electrons. The van der Waals surface area contributed by atoms with Crippen LogP contribution < -0.4 is 4.74 Å². The third-order valence-corrected chi connectivity index (χ3v) is 12.5. The number of para-hydroxylation sites is 1. The van der Waals surface area contributed by atoms with E-state index < -0.39 is 24.5 Å². The molecule has 2 aliphatic heterocycles. The molecule has 1 N–H and O–H groups in total. The van der Waals surface area contributed by atoms with E-state index in [0.717, 1.165) is 44.1 Å². The summed E-state index contributed by atoms with van der Waals surface area (Å²) in [6.45, 7) is 1.55. The zero-order chi connectivity index (χ0) is 43.1. The van der Waals surface area contributed by atoms with E-state index >= 15 is 0 Å². The molecule has 2 aromatic heterocycles. The molecule has 0 aliphatic carbocycles. The van der Waals surface area contributed by atoms with Crippen molar-refractivity contribution in [1.82, 2.24) is 14.5 Å². The van der Waals surface area contributed by atoms with Gasteiger partial charge in [-0.25, -0.2) is 0 Å². The summed E-state index contributed by atoms with van der Waals surface area (Å²) in [5.74, 6) is -0.0727. The quantitative estimate of drug-likeness (QED) is 0.109. The fourth-order valence-electron chi connectivity index (χ4n) is 9.40. The lowest BCUT2D eigenvalue weighted by molar-refractivity contribution is -0.0910. The standard InChI is InChI=1S/C54H45N3O7/c1-56-52(58)46-44-39-24-14-15-25-41(39)55-48(44)49-45(47(46)53(56)59)40-27-26-38(61-30-35-18-8-3-9-19-35)28-42(40)57(49)54-51(63-32-37-22-12-5-13-23-37)50(62-31-36-20-10-4-11-21-36)43(64-54)33-60-29-34-16-6-2-7-17-34/h2-28,43,50-51,54-55H,29-33H2,1H3/t43-,50-,51-,54-/m1/s1. The molecule has 64 heavy (non-hydrogen) atoms. The minimum Gasteiger partial charge on any atom is -0.489 e. The Morgan fingerprint density at radius 2 is 1.12 bits per heavy atom. The van der Waals surface area contributed by atoms with Crippen molar-refractivity contribution in [2.75, 3.05) is 13.7 Å². The van der Waals surface area contributed by atoms with Crippen LogP contribution in [0.1, 0.15) is 49.2 Å². The van der Waals surface area contributed by atoms with Crippen molar-refractivity contribution >= 4 is 55.4 Å². The predicted molar refractivity (Wildman–Crippen MR) is 246 cm³/mol. The van der Waals surface area contributed by atoms with Crippen LogP contribution in [0.4, 0.5) is 0 Å². The molecule has 0 saturated carbocycles. The first-order chi connectivity index (χ1) is 31.5. The third-order valence-electron chi connectivity index (χ3n) is 12.5. The monoisotopic (exact) mass is 847 g/mol. The Hall–Kier alpha value is -7.08. The SMILES string of the molecule is CN1C(=O)c2c(c3c4ccc(OCc5ccccc5)cc4n([C@@H]4O[C@H](COCc5ccccc5)[C@@H](OCc5ccccc5)[C@H]4OCc4ccccc4)c3c3[nH]c4ccccc4c23)C1=O. The Balaban J connectivity index is 1.13. The number of nitrogens with zero attached hydrogens (tertiary/aromatic N) is 2. The van der Waals surface area contributed by atoms with Crippen LogP contribution in [-0.2, 0) is 45.4 Å². The zero-order valence-corrected chi connectivity index (χ0v) is 35.2. The maximum Gasteiger partial charge on any atom is 0.262 e. The number of hydrogen-bond acceptors (Lipinski definition) is 7. The molecule has 4 atom stereocenters. The molecular weight excluding hydrogens is 803 g/mol. The van der Waals surface area contributed by atoms with Gasteiger partial charge in [-0.15, -0.1) is 0 Å². The molecule has 0 spiro atoms. The number of aromatic nitrogens is 2. The van der Waals surface area contributed by atoms with Crippen molar-refractivity contribution in [2.24, 2.45) is 0 Å². The lowest BCUT2D eigenvalue weighted by Crippen LogP contribution is -2.38. The molecule has 1 fully saturated rings. The number of carbonyl (C=O) groups excluding carboxylic acids is 2. The molecule has 11 rings (SSSR count). The van der Waals surface area contributed by atoms with Gasteiger partial charge in [-0.1, -0.05) is 140 Å². The van der Waals surface area contributed by atoms with Gasteiger partial charge in [0.25, 0.3) is 11.8 Å². The topological polar surface area (TPSA) is 104 Å². The number of rotatable bonds is 14. The lowest BCUT2D eigenvalue weighted by atomic mass is 9.96. The van der Waals surface area contributed by atoms with Gasteiger partial charge in [0, 0.05) is 40.2 Å². The lowest BCUT2D eigenvalue weighted by Gasteiger charge is -2.26. The highest BCUT2D eigenvalue weighted by molar-refractivity contribution is 6.39. The van der Waals surface area contributed by atoms with E-state index in [1.165, 1.54) is 4.90 Å². The Morgan fingerprint density at radius 1 is 0.578 bits per heavy atom. The number of H-pyrrole nitrogens is 1. The van der Waals surface area contributed by atoms with Crippen molar-refractivity contribution in [3.8, 4) is 5.75 Å². The van der Waals surface area contributed by atoms with Crippen molar-refractivity contribution in [1.29, 1.82) is 0 Å². The summed E-state index contributed by atoms with van der Waals surface area (Å²) in [4.78, 5) is 33.6. The number of nitrogens with one attached hydrogen (secondary N) is 1. The van der Waals surface area contributed by atoms with E-state index in [2.05, 4.69) is 9.55 Å². The van der Waals surface area contributed by atoms with Gasteiger partial charge >= 0.3 is 0 Å². The molecule has 7 aromatic carbocycles. The third kappa shape index (κ3) is 7.10. The van der Waals surface area contributed by atoms with Gasteiger partial charge in [-0.05, 0) is 40.5 Å². The van der Waals surface area contributed by atoms with E-state index in [4.69, 9.17) is 23.7 Å². The van der Waals surface area contributed by atoms with E-state index in [1.807, 2.05) is 164 Å². The van der Waals surface area contributed by atoms with Crippen LogP contribution >= 0.6 is 0 Å². The number of hydrogen-bond donors (Lipinski definition) is 1. The molecule has 0 bridgehead atoms. The van der Waals surface area contributed by atoms with Crippen LogP contribution in [0, 0.1) is 0 Å². The van der Waals surface area contributed by atoms with E-state index in [0.29, 0.717) is 58.5 Å². The van der Waals surface area contributed by atoms with Gasteiger partial charge in [0.05, 0.1) is 54.1 Å². The smallest absolute Gasteiger partial charge is 0.262 e. The van der Waals surface area contributed by atoms with E-state index in [1.54, 1.807) is 7.05 Å². The highest BCUT2D eigenvalue weighted by Crippen LogP contribution is 2.49. The summed E-state index contributed by atoms with van der Waals surface area (Å²) in [7, 11) is 1.55. The van der Waals surface area contributed by atoms with Crippen LogP contribution in [0.5, 0.6) is 5.75 Å². The second-order valence-electron chi connectivity index (χ2n) is 16.5. The van der Waals surface area contributed by atoms with E-state index in [9.17, 15) is 9.59 Å². The molecule has 0 radical (unpaired) electrons. The predicted octanol–water partition coefficient (Wildman–Crippen LogP) is 10.5. The Kier molecular flexibility index (Phi) is 10.5. The van der Waals surface area contributed by atoms with Crippen molar-refractivity contribution in [2.45, 2.75) is 51.0 Å². The molecule has 0 unspecified atom stereocenters. The molecule has 2 aliphatic rings. The summed E-state index contributed by atoms with van der Waals surface area (Å²) in [5, 5.41) is 2.95. The Labute approximate surface area is 369 Å². The first-order valence-corrected chi connectivity index (χ1v) is 21.6. The summed E-state index contributed by atoms with van der Waals surface area (Å²) in [6, 6.07) is 54.0. The average Bonchev–Trinajstić information content (AvgIpc) is 4.06. The van der Waals surface area contributed by atoms with Crippen LogP contribution in [0.2, 0.25) is 0 Å². The highest BCUT2D eigenvalue weighted by atomic mass is 16.6. The number of carbonyl (C=O) groups is 2. The summed E-state index contributed by atoms with van der Waals surface area (Å²) >= 11 is 0. The first kappa shape index (κ1) is 39.7. The fraction of sp³-hybridized carbons (Fsp3) is 0.185. The van der Waals surface area contributed by atoms with Crippen molar-refractivity contribution in [3.63, 3.8) is 0 Å². The van der Waals surface area contributed by atoms with Crippen LogP contribution in [-0.4, -0.2) is 58.2 Å². The Morgan fingerprint density at radius 3 is 1.77 bits per heavy atom. The number of aromatic amines is 1. The van der Waals surface area contributed by atoms with Gasteiger partial charge in [0.2, 0.25) is 0 Å². The molecule has 1 saturated heterocycles. The minimum atomic E-state index is -0.809. The first-order valence-electron chi connectivity index (χ1n) is 21.6. The molecule has 9 aromatic rings. The maximum absolute atomic E-state index is 14.5. The van der Waals surface area contributed by atoms with Crippen molar-refractivity contribution in [3.05, 3.63) is 197 Å². The van der Waals surface area contributed by atoms with Crippen LogP contribution in [0.25, 0.3) is 43.6 Å². The number of ether oxygens (including phenoxy) is 5. The van der Waals surface area contributed by atoms with E-state index in [-0.39, 0.29) is 25.0 Å². The average molecular weight is 848 g/mol. The molecule has 2 amide bonds. The molecule has 4 heterocycles. The summed E-state index contributed by atoms with van der Waals surface area (Å²) < 4.78 is 36.4. The minimum absolute atomic E-state index is 0.216. The molecule has 10 heteroatoms. The van der Waals surface area contributed by atoms with Crippen molar-refractivity contribution < 1.29 is 33.3 Å². The number of imide groups is 1. The van der Waals surface area contributed by atoms with Gasteiger partial charge in [0.15, 0.2) is 6.23 Å². The zero-order valence-electron chi connectivity index (χ0n) is 35.2. The van der Waals surface area contributed by atoms with Gasteiger partial charge in [0.1, 0.15) is 30.7 Å². The Bertz CT molecular complexity index is 3150. The van der Waals surface area contributed by atoms with Crippen LogP contribution in [0.15, 0.2) is 164 Å². The molecule has 10 nitrogen and oxygen atoms in total. The van der Waals surface area contributed by atoms with Gasteiger partial charge < -0.3 is 33.2 Å². The number of amides is 2. The normalized spacial score (nSPS) is 18.5. The second-order valence-corrected chi connectivity index (χ2v) is 16.5. The highest BCUT2D eigenvalue weighted by Gasteiger charge is 2.49. The fourth-order valence-corrected chi connectivity index (χ4v) is 9.40. The summed E-state index contributed by atoms with van der Waals surface area (Å²) in [5.41, 5.74) is 7.83. The van der Waals surface area contributed by atoms with Gasteiger partial charge in [-0.2, -0.15) is 0 Å². The van der Waals surface area contributed by atoms with Crippen LogP contribution in [0.3, 0.4) is 0 Å². The molecular formula is C54H45N3O7. The largest absolute Gasteiger partial charge is 0.489 e.